The molecule has 21 heavy (non-hydrogen) atoms. The highest BCUT2D eigenvalue weighted by atomic mass is 16.6. The van der Waals surface area contributed by atoms with Crippen molar-refractivity contribution in [2.75, 3.05) is 5.32 Å². The number of aryl methyl sites for hydroxylation is 1. The van der Waals surface area contributed by atoms with Crippen molar-refractivity contribution in [3.05, 3.63) is 63.5 Å². The van der Waals surface area contributed by atoms with Gasteiger partial charge in [0.25, 0.3) is 5.69 Å². The summed E-state index contributed by atoms with van der Waals surface area (Å²) >= 11 is 0. The van der Waals surface area contributed by atoms with E-state index in [1.807, 2.05) is 25.1 Å². The third kappa shape index (κ3) is 3.53. The van der Waals surface area contributed by atoms with Gasteiger partial charge in [-0.3, -0.25) is 15.1 Å². The van der Waals surface area contributed by atoms with Gasteiger partial charge in [0.2, 0.25) is 0 Å². The van der Waals surface area contributed by atoms with Gasteiger partial charge in [-0.1, -0.05) is 6.07 Å². The molecule has 7 heteroatoms. The standard InChI is InChI=1S/C14H13N3O4/c1-9-3-2-4-10(16-9)8-15-13-6-5-11(17(20)21)7-12(13)14(18)19/h2-7,15H,8H2,1H3,(H,18,19). The summed E-state index contributed by atoms with van der Waals surface area (Å²) in [6.07, 6.45) is 0. The van der Waals surface area contributed by atoms with Crippen molar-refractivity contribution in [1.29, 1.82) is 0 Å². The van der Waals surface area contributed by atoms with Crippen molar-refractivity contribution in [2.24, 2.45) is 0 Å². The highest BCUT2D eigenvalue weighted by Gasteiger charge is 2.15. The topological polar surface area (TPSA) is 105 Å². The van der Waals surface area contributed by atoms with E-state index in [-0.39, 0.29) is 11.3 Å². The Morgan fingerprint density at radius 1 is 1.38 bits per heavy atom. The van der Waals surface area contributed by atoms with E-state index in [1.165, 1.54) is 12.1 Å². The van der Waals surface area contributed by atoms with Gasteiger partial charge >= 0.3 is 5.97 Å². The number of nitrogens with zero attached hydrogens (tertiary/aromatic N) is 2. The molecule has 2 N–H and O–H groups in total. The molecule has 0 aliphatic heterocycles. The number of hydrogen-bond acceptors (Lipinski definition) is 5. The number of hydrogen-bond donors (Lipinski definition) is 2. The van der Waals surface area contributed by atoms with Crippen molar-refractivity contribution < 1.29 is 14.8 Å². The van der Waals surface area contributed by atoms with Crippen LogP contribution in [0.2, 0.25) is 0 Å². The SMILES string of the molecule is Cc1cccc(CNc2ccc([N+](=O)[O-])cc2C(=O)O)n1. The molecule has 0 saturated carbocycles. The number of nitro groups is 1. The van der Waals surface area contributed by atoms with E-state index in [0.29, 0.717) is 12.2 Å². The second-order valence-corrected chi connectivity index (χ2v) is 4.42. The van der Waals surface area contributed by atoms with Gasteiger partial charge in [-0.05, 0) is 25.1 Å². The van der Waals surface area contributed by atoms with Crippen LogP contribution in [0.1, 0.15) is 21.7 Å². The normalized spacial score (nSPS) is 10.1. The fraction of sp³-hybridized carbons (Fsp3) is 0.143. The molecule has 1 aromatic heterocycles. The number of rotatable bonds is 5. The minimum Gasteiger partial charge on any atom is -0.478 e. The van der Waals surface area contributed by atoms with Crippen LogP contribution in [-0.2, 0) is 6.54 Å². The summed E-state index contributed by atoms with van der Waals surface area (Å²) in [5.41, 5.74) is 1.53. The maximum Gasteiger partial charge on any atom is 0.338 e. The molecule has 1 aromatic carbocycles. The third-order valence-corrected chi connectivity index (χ3v) is 2.85. The summed E-state index contributed by atoms with van der Waals surface area (Å²) in [6, 6.07) is 9.21. The van der Waals surface area contributed by atoms with E-state index in [4.69, 9.17) is 5.11 Å². The van der Waals surface area contributed by atoms with E-state index in [9.17, 15) is 14.9 Å². The molecule has 0 amide bonds. The van der Waals surface area contributed by atoms with Gasteiger partial charge in [0.1, 0.15) is 0 Å². The summed E-state index contributed by atoms with van der Waals surface area (Å²) in [6.45, 7) is 2.19. The Hall–Kier alpha value is -2.96. The van der Waals surface area contributed by atoms with Gasteiger partial charge in [0, 0.05) is 23.5 Å². The summed E-state index contributed by atoms with van der Waals surface area (Å²) in [7, 11) is 0. The number of carbonyl (C=O) groups is 1. The Morgan fingerprint density at radius 2 is 2.14 bits per heavy atom. The van der Waals surface area contributed by atoms with Crippen LogP contribution in [0.4, 0.5) is 11.4 Å². The van der Waals surface area contributed by atoms with Crippen LogP contribution in [0.25, 0.3) is 0 Å². The van der Waals surface area contributed by atoms with Gasteiger partial charge in [-0.15, -0.1) is 0 Å². The minimum atomic E-state index is -1.22. The Bertz CT molecular complexity index is 700. The van der Waals surface area contributed by atoms with Gasteiger partial charge in [-0.25, -0.2) is 4.79 Å². The summed E-state index contributed by atoms with van der Waals surface area (Å²) < 4.78 is 0. The molecule has 0 unspecified atom stereocenters. The molecule has 0 aliphatic rings. The summed E-state index contributed by atoms with van der Waals surface area (Å²) in [4.78, 5) is 25.5. The lowest BCUT2D eigenvalue weighted by molar-refractivity contribution is -0.384. The number of non-ortho nitro benzene ring substituents is 1. The number of anilines is 1. The first-order valence-corrected chi connectivity index (χ1v) is 6.15. The van der Waals surface area contributed by atoms with Crippen LogP contribution < -0.4 is 5.32 Å². The Labute approximate surface area is 120 Å². The van der Waals surface area contributed by atoms with E-state index in [2.05, 4.69) is 10.3 Å². The Morgan fingerprint density at radius 3 is 2.76 bits per heavy atom. The zero-order valence-electron chi connectivity index (χ0n) is 11.2. The maximum atomic E-state index is 11.2. The number of aromatic carboxylic acids is 1. The second-order valence-electron chi connectivity index (χ2n) is 4.42. The highest BCUT2D eigenvalue weighted by Crippen LogP contribution is 2.22. The van der Waals surface area contributed by atoms with E-state index < -0.39 is 10.9 Å². The predicted molar refractivity (Wildman–Crippen MR) is 76.4 cm³/mol. The Balaban J connectivity index is 2.23. The van der Waals surface area contributed by atoms with E-state index in [0.717, 1.165) is 17.5 Å². The Kier molecular flexibility index (Phi) is 4.13. The molecule has 1 heterocycles. The largest absolute Gasteiger partial charge is 0.478 e. The molecule has 0 atom stereocenters. The smallest absolute Gasteiger partial charge is 0.338 e. The molecular weight excluding hydrogens is 274 g/mol. The summed E-state index contributed by atoms with van der Waals surface area (Å²) in [5, 5.41) is 22.8. The van der Waals surface area contributed by atoms with Crippen LogP contribution in [0.3, 0.4) is 0 Å². The number of nitro benzene ring substituents is 1. The number of benzene rings is 1. The fourth-order valence-electron chi connectivity index (χ4n) is 1.86. The van der Waals surface area contributed by atoms with Gasteiger partial charge < -0.3 is 10.4 Å². The van der Waals surface area contributed by atoms with Crippen molar-refractivity contribution in [3.63, 3.8) is 0 Å². The fourth-order valence-corrected chi connectivity index (χ4v) is 1.86. The first-order chi connectivity index (χ1) is 9.97. The number of pyridine rings is 1. The molecule has 2 rings (SSSR count). The molecule has 0 fully saturated rings. The highest BCUT2D eigenvalue weighted by molar-refractivity contribution is 5.95. The molecule has 0 aliphatic carbocycles. The summed E-state index contributed by atoms with van der Waals surface area (Å²) in [5.74, 6) is -1.22. The number of aromatic nitrogens is 1. The molecule has 7 nitrogen and oxygen atoms in total. The van der Waals surface area contributed by atoms with Crippen molar-refractivity contribution in [1.82, 2.24) is 4.98 Å². The average Bonchev–Trinajstić information content (AvgIpc) is 2.44. The molecule has 0 radical (unpaired) electrons. The van der Waals surface area contributed by atoms with E-state index in [1.54, 1.807) is 0 Å². The first-order valence-electron chi connectivity index (χ1n) is 6.15. The molecule has 0 bridgehead atoms. The van der Waals surface area contributed by atoms with Crippen LogP contribution in [0.5, 0.6) is 0 Å². The lowest BCUT2D eigenvalue weighted by Crippen LogP contribution is -2.08. The third-order valence-electron chi connectivity index (χ3n) is 2.85. The monoisotopic (exact) mass is 287 g/mol. The van der Waals surface area contributed by atoms with Crippen molar-refractivity contribution >= 4 is 17.3 Å². The van der Waals surface area contributed by atoms with Crippen LogP contribution in [0, 0.1) is 17.0 Å². The van der Waals surface area contributed by atoms with Crippen LogP contribution in [0.15, 0.2) is 36.4 Å². The average molecular weight is 287 g/mol. The zero-order chi connectivity index (χ0) is 15.4. The molecule has 2 aromatic rings. The molecule has 0 saturated heterocycles. The second kappa shape index (κ2) is 6.00. The zero-order valence-corrected chi connectivity index (χ0v) is 11.2. The maximum absolute atomic E-state index is 11.2. The molecule has 108 valence electrons. The number of nitrogens with one attached hydrogen (secondary N) is 1. The van der Waals surface area contributed by atoms with Gasteiger partial charge in [0.05, 0.1) is 22.7 Å². The lowest BCUT2D eigenvalue weighted by Gasteiger charge is -2.09. The minimum absolute atomic E-state index is 0.142. The predicted octanol–water partition coefficient (Wildman–Crippen LogP) is 2.61. The van der Waals surface area contributed by atoms with Crippen molar-refractivity contribution in [3.8, 4) is 0 Å². The molecular formula is C14H13N3O4. The van der Waals surface area contributed by atoms with Gasteiger partial charge in [0.15, 0.2) is 0 Å². The number of carboxylic acids is 1. The lowest BCUT2D eigenvalue weighted by atomic mass is 10.1. The van der Waals surface area contributed by atoms with Crippen LogP contribution in [-0.4, -0.2) is 21.0 Å². The van der Waals surface area contributed by atoms with Crippen LogP contribution >= 0.6 is 0 Å². The number of carboxylic acid groups (broad SMARTS) is 1. The quantitative estimate of drug-likeness (QED) is 0.646. The molecule has 0 spiro atoms. The van der Waals surface area contributed by atoms with Crippen molar-refractivity contribution in [2.45, 2.75) is 13.5 Å². The first kappa shape index (κ1) is 14.4. The van der Waals surface area contributed by atoms with E-state index >= 15 is 0 Å². The van der Waals surface area contributed by atoms with Gasteiger partial charge in [-0.2, -0.15) is 0 Å².